The molecule has 0 aliphatic heterocycles. The molecule has 1 aromatic carbocycles. The molecule has 0 bridgehead atoms. The summed E-state index contributed by atoms with van der Waals surface area (Å²) in [6.07, 6.45) is 6.62. The van der Waals surface area contributed by atoms with E-state index in [1.807, 2.05) is 13.0 Å². The van der Waals surface area contributed by atoms with Crippen molar-refractivity contribution in [1.29, 1.82) is 0 Å². The Labute approximate surface area is 103 Å². The van der Waals surface area contributed by atoms with Gasteiger partial charge in [-0.1, -0.05) is 43.0 Å². The topological polar surface area (TPSA) is 26.0 Å². The summed E-state index contributed by atoms with van der Waals surface area (Å²) in [5.74, 6) is 0.661. The van der Waals surface area contributed by atoms with Crippen molar-refractivity contribution >= 4 is 11.6 Å². The van der Waals surface area contributed by atoms with Gasteiger partial charge >= 0.3 is 0 Å². The minimum atomic E-state index is 0.191. The van der Waals surface area contributed by atoms with Crippen molar-refractivity contribution in [1.82, 2.24) is 0 Å². The molecule has 0 spiro atoms. The van der Waals surface area contributed by atoms with E-state index in [4.69, 9.17) is 17.3 Å². The Morgan fingerprint density at radius 3 is 2.56 bits per heavy atom. The molecule has 1 atom stereocenters. The molecule has 0 saturated heterocycles. The minimum absolute atomic E-state index is 0.191. The van der Waals surface area contributed by atoms with Gasteiger partial charge in [-0.3, -0.25) is 0 Å². The monoisotopic (exact) mass is 237 g/mol. The highest BCUT2D eigenvalue weighted by Gasteiger charge is 2.21. The normalized spacial score (nSPS) is 19.7. The van der Waals surface area contributed by atoms with Crippen molar-refractivity contribution in [2.24, 2.45) is 11.7 Å². The molecule has 1 aliphatic rings. The van der Waals surface area contributed by atoms with Crippen LogP contribution in [-0.2, 0) is 0 Å². The Balaban J connectivity index is 2.12. The predicted octanol–water partition coefficient (Wildman–Crippen LogP) is 4.23. The van der Waals surface area contributed by atoms with Crippen LogP contribution in [-0.4, -0.2) is 0 Å². The Kier molecular flexibility index (Phi) is 3.88. The van der Waals surface area contributed by atoms with Gasteiger partial charge in [0.05, 0.1) is 0 Å². The highest BCUT2D eigenvalue weighted by molar-refractivity contribution is 6.31. The lowest BCUT2D eigenvalue weighted by atomic mass is 9.81. The first-order valence-electron chi connectivity index (χ1n) is 6.20. The van der Waals surface area contributed by atoms with E-state index in [1.165, 1.54) is 37.7 Å². The highest BCUT2D eigenvalue weighted by atomic mass is 35.5. The third-order valence-corrected chi connectivity index (χ3v) is 4.15. The maximum absolute atomic E-state index is 6.35. The third-order valence-electron chi connectivity index (χ3n) is 3.72. The van der Waals surface area contributed by atoms with Gasteiger partial charge in [-0.05, 0) is 42.9 Å². The fourth-order valence-electron chi connectivity index (χ4n) is 2.64. The fourth-order valence-corrected chi connectivity index (χ4v) is 2.76. The highest BCUT2D eigenvalue weighted by Crippen LogP contribution is 2.33. The summed E-state index contributed by atoms with van der Waals surface area (Å²) in [5, 5.41) is 0.833. The Bertz CT molecular complexity index is 356. The lowest BCUT2D eigenvalue weighted by Crippen LogP contribution is -2.23. The number of benzene rings is 1. The Morgan fingerprint density at radius 2 is 1.94 bits per heavy atom. The van der Waals surface area contributed by atoms with Crippen molar-refractivity contribution in [2.75, 3.05) is 0 Å². The molecule has 16 heavy (non-hydrogen) atoms. The molecule has 1 aliphatic carbocycles. The number of halogens is 1. The number of hydrogen-bond acceptors (Lipinski definition) is 1. The second kappa shape index (κ2) is 5.20. The molecular weight excluding hydrogens is 218 g/mol. The van der Waals surface area contributed by atoms with E-state index in [9.17, 15) is 0 Å². The van der Waals surface area contributed by atoms with E-state index >= 15 is 0 Å². The van der Waals surface area contributed by atoms with Crippen molar-refractivity contribution in [2.45, 2.75) is 45.1 Å². The second-order valence-electron chi connectivity index (χ2n) is 4.93. The lowest BCUT2D eigenvalue weighted by Gasteiger charge is -2.28. The molecule has 2 heteroatoms. The molecule has 1 aromatic rings. The average Bonchev–Trinajstić information content (AvgIpc) is 2.33. The molecule has 0 unspecified atom stereocenters. The molecular formula is C14H20ClN. The summed E-state index contributed by atoms with van der Waals surface area (Å²) in [6, 6.07) is 6.38. The molecule has 0 aromatic heterocycles. The van der Waals surface area contributed by atoms with Crippen LogP contribution in [0, 0.1) is 12.8 Å². The minimum Gasteiger partial charge on any atom is -0.324 e. The van der Waals surface area contributed by atoms with Crippen LogP contribution in [0.1, 0.15) is 49.3 Å². The van der Waals surface area contributed by atoms with E-state index in [0.29, 0.717) is 5.92 Å². The summed E-state index contributed by atoms with van der Waals surface area (Å²) in [5.41, 5.74) is 8.72. The molecule has 2 N–H and O–H groups in total. The molecule has 1 nitrogen and oxygen atoms in total. The average molecular weight is 238 g/mol. The second-order valence-corrected chi connectivity index (χ2v) is 5.34. The van der Waals surface area contributed by atoms with Gasteiger partial charge in [-0.2, -0.15) is 0 Å². The fraction of sp³-hybridized carbons (Fsp3) is 0.571. The Morgan fingerprint density at radius 1 is 1.25 bits per heavy atom. The van der Waals surface area contributed by atoms with Crippen LogP contribution in [0.5, 0.6) is 0 Å². The number of aryl methyl sites for hydroxylation is 1. The molecule has 0 heterocycles. The zero-order valence-electron chi connectivity index (χ0n) is 9.88. The first-order chi connectivity index (χ1) is 7.68. The molecule has 1 saturated carbocycles. The molecule has 0 amide bonds. The smallest absolute Gasteiger partial charge is 0.0435 e. The quantitative estimate of drug-likeness (QED) is 0.819. The summed E-state index contributed by atoms with van der Waals surface area (Å²) < 4.78 is 0. The summed E-state index contributed by atoms with van der Waals surface area (Å²) in [4.78, 5) is 0. The first-order valence-corrected chi connectivity index (χ1v) is 6.58. The van der Waals surface area contributed by atoms with Crippen LogP contribution in [0.3, 0.4) is 0 Å². The van der Waals surface area contributed by atoms with Gasteiger partial charge in [0.25, 0.3) is 0 Å². The maximum Gasteiger partial charge on any atom is 0.0435 e. The van der Waals surface area contributed by atoms with Crippen LogP contribution in [0.2, 0.25) is 5.02 Å². The van der Waals surface area contributed by atoms with Crippen LogP contribution < -0.4 is 5.73 Å². The third kappa shape index (κ3) is 2.58. The van der Waals surface area contributed by atoms with E-state index < -0.39 is 0 Å². The van der Waals surface area contributed by atoms with Gasteiger partial charge in [0.1, 0.15) is 0 Å². The number of hydrogen-bond donors (Lipinski definition) is 1. The van der Waals surface area contributed by atoms with Crippen LogP contribution in [0.15, 0.2) is 18.2 Å². The molecule has 1 fully saturated rings. The zero-order valence-corrected chi connectivity index (χ0v) is 10.6. The first kappa shape index (κ1) is 11.9. The van der Waals surface area contributed by atoms with E-state index in [0.717, 1.165) is 10.6 Å². The van der Waals surface area contributed by atoms with Crippen molar-refractivity contribution in [3.05, 3.63) is 34.3 Å². The van der Waals surface area contributed by atoms with Gasteiger partial charge in [0.15, 0.2) is 0 Å². The van der Waals surface area contributed by atoms with Gasteiger partial charge in [0.2, 0.25) is 0 Å². The van der Waals surface area contributed by atoms with Gasteiger partial charge < -0.3 is 5.73 Å². The maximum atomic E-state index is 6.35. The van der Waals surface area contributed by atoms with Crippen molar-refractivity contribution in [3.63, 3.8) is 0 Å². The predicted molar refractivity (Wildman–Crippen MR) is 69.7 cm³/mol. The SMILES string of the molecule is Cc1cc([C@H](N)C2CCCCC2)ccc1Cl. The molecule has 0 radical (unpaired) electrons. The largest absolute Gasteiger partial charge is 0.324 e. The number of rotatable bonds is 2. The summed E-state index contributed by atoms with van der Waals surface area (Å²) in [7, 11) is 0. The number of nitrogens with two attached hydrogens (primary N) is 1. The van der Waals surface area contributed by atoms with Gasteiger partial charge in [-0.15, -0.1) is 0 Å². The lowest BCUT2D eigenvalue weighted by molar-refractivity contribution is 0.308. The van der Waals surface area contributed by atoms with Crippen molar-refractivity contribution < 1.29 is 0 Å². The Hall–Kier alpha value is -0.530. The van der Waals surface area contributed by atoms with E-state index in [1.54, 1.807) is 0 Å². The van der Waals surface area contributed by atoms with Crippen LogP contribution in [0.4, 0.5) is 0 Å². The molecule has 88 valence electrons. The summed E-state index contributed by atoms with van der Waals surface area (Å²) in [6.45, 7) is 2.04. The van der Waals surface area contributed by atoms with E-state index in [2.05, 4.69) is 12.1 Å². The standard InChI is InChI=1S/C14H20ClN/c1-10-9-12(7-8-13(10)15)14(16)11-5-3-2-4-6-11/h7-9,11,14H,2-6,16H2,1H3/t14-/m1/s1. The van der Waals surface area contributed by atoms with Crippen LogP contribution in [0.25, 0.3) is 0 Å². The molecule has 2 rings (SSSR count). The van der Waals surface area contributed by atoms with Gasteiger partial charge in [0, 0.05) is 11.1 Å². The van der Waals surface area contributed by atoms with E-state index in [-0.39, 0.29) is 6.04 Å². The van der Waals surface area contributed by atoms with Gasteiger partial charge in [-0.25, -0.2) is 0 Å². The van der Waals surface area contributed by atoms with Crippen LogP contribution >= 0.6 is 11.6 Å². The summed E-state index contributed by atoms with van der Waals surface area (Å²) >= 11 is 6.03. The van der Waals surface area contributed by atoms with Crippen molar-refractivity contribution in [3.8, 4) is 0 Å². The zero-order chi connectivity index (χ0) is 11.5.